The molecule has 1 aliphatic heterocycles. The molecular weight excluding hydrogens is 286 g/mol. The van der Waals surface area contributed by atoms with Gasteiger partial charge in [-0.1, -0.05) is 42.5 Å². The lowest BCUT2D eigenvalue weighted by Gasteiger charge is -2.41. The van der Waals surface area contributed by atoms with Crippen LogP contribution in [-0.2, 0) is 9.53 Å². The van der Waals surface area contributed by atoms with Crippen LogP contribution in [0.1, 0.15) is 44.1 Å². The topological polar surface area (TPSA) is 29.5 Å². The summed E-state index contributed by atoms with van der Waals surface area (Å²) in [7, 11) is 1.72. The van der Waals surface area contributed by atoms with Crippen molar-refractivity contribution < 1.29 is 9.53 Å². The maximum absolute atomic E-state index is 13.4. The van der Waals surface area contributed by atoms with Crippen molar-refractivity contribution in [2.24, 2.45) is 5.41 Å². The lowest BCUT2D eigenvalue weighted by Crippen LogP contribution is -2.48. The van der Waals surface area contributed by atoms with Crippen LogP contribution in [0, 0.1) is 5.41 Å². The Bertz CT molecular complexity index is 568. The van der Waals surface area contributed by atoms with Crippen molar-refractivity contribution in [2.75, 3.05) is 20.3 Å². The van der Waals surface area contributed by atoms with Gasteiger partial charge in [0.05, 0.1) is 18.1 Å². The van der Waals surface area contributed by atoms with Gasteiger partial charge in [0.15, 0.2) is 0 Å². The van der Waals surface area contributed by atoms with Crippen molar-refractivity contribution in [3.63, 3.8) is 0 Å². The van der Waals surface area contributed by atoms with Crippen molar-refractivity contribution in [1.82, 2.24) is 4.90 Å². The number of hydrogen-bond acceptors (Lipinski definition) is 2. The van der Waals surface area contributed by atoms with Gasteiger partial charge in [-0.3, -0.25) is 4.79 Å². The van der Waals surface area contributed by atoms with Gasteiger partial charge in [0.1, 0.15) is 0 Å². The third-order valence-electron chi connectivity index (χ3n) is 5.47. The quantitative estimate of drug-likeness (QED) is 0.792. The van der Waals surface area contributed by atoms with E-state index in [-0.39, 0.29) is 17.9 Å². The first-order valence-electron chi connectivity index (χ1n) is 8.69. The van der Waals surface area contributed by atoms with Gasteiger partial charge in [-0.2, -0.15) is 0 Å². The van der Waals surface area contributed by atoms with Gasteiger partial charge >= 0.3 is 0 Å². The molecular formula is C20H27NO2. The Balaban J connectivity index is 1.89. The first-order chi connectivity index (χ1) is 11.2. The third kappa shape index (κ3) is 3.07. The van der Waals surface area contributed by atoms with Crippen LogP contribution in [-0.4, -0.2) is 37.1 Å². The molecule has 23 heavy (non-hydrogen) atoms. The Morgan fingerprint density at radius 2 is 2.09 bits per heavy atom. The fourth-order valence-electron chi connectivity index (χ4n) is 4.20. The van der Waals surface area contributed by atoms with Crippen molar-refractivity contribution in [2.45, 2.75) is 44.6 Å². The highest BCUT2D eigenvalue weighted by Gasteiger charge is 2.45. The number of likely N-dealkylation sites (tertiary alicyclic amines) is 1. The third-order valence-corrected chi connectivity index (χ3v) is 5.47. The molecule has 3 atom stereocenters. The number of ether oxygens (including phenoxy) is 1. The summed E-state index contributed by atoms with van der Waals surface area (Å²) in [6, 6.07) is 10.7. The average molecular weight is 313 g/mol. The zero-order chi connectivity index (χ0) is 16.3. The molecule has 3 heteroatoms. The second-order valence-corrected chi connectivity index (χ2v) is 6.98. The van der Waals surface area contributed by atoms with Crippen LogP contribution in [0.3, 0.4) is 0 Å². The van der Waals surface area contributed by atoms with E-state index in [0.717, 1.165) is 32.2 Å². The highest BCUT2D eigenvalue weighted by atomic mass is 16.5. The fraction of sp³-hybridized carbons (Fsp3) is 0.550. The van der Waals surface area contributed by atoms with Crippen molar-refractivity contribution in [3.8, 4) is 0 Å². The molecule has 0 aromatic heterocycles. The van der Waals surface area contributed by atoms with Crippen molar-refractivity contribution >= 4 is 5.91 Å². The number of amides is 1. The van der Waals surface area contributed by atoms with Crippen LogP contribution in [0.2, 0.25) is 0 Å². The Hall–Kier alpha value is -1.61. The van der Waals surface area contributed by atoms with Gasteiger partial charge in [0.25, 0.3) is 0 Å². The lowest BCUT2D eigenvalue weighted by atomic mass is 9.67. The molecule has 0 radical (unpaired) electrons. The van der Waals surface area contributed by atoms with Crippen LogP contribution in [0.15, 0.2) is 42.5 Å². The number of benzene rings is 1. The standard InChI is InChI=1S/C20H27NO2/c1-20(19(22)21-14-8-11-17(21)15-23-2)13-7-6-12-18(20)16-9-4-3-5-10-16/h3-5,7,9-10,13,17-18H,6,8,11-12,14-15H2,1-2H3/t17-,18+,20-/m0/s1. The van der Waals surface area contributed by atoms with Crippen LogP contribution in [0.5, 0.6) is 0 Å². The number of hydrogen-bond donors (Lipinski definition) is 0. The summed E-state index contributed by atoms with van der Waals surface area (Å²) in [6.45, 7) is 3.62. The molecule has 3 rings (SSSR count). The number of allylic oxidation sites excluding steroid dienone is 1. The predicted molar refractivity (Wildman–Crippen MR) is 92.3 cm³/mol. The smallest absolute Gasteiger partial charge is 0.233 e. The van der Waals surface area contributed by atoms with Gasteiger partial charge in [0.2, 0.25) is 5.91 Å². The minimum Gasteiger partial charge on any atom is -0.383 e. The van der Waals surface area contributed by atoms with Crippen LogP contribution >= 0.6 is 0 Å². The molecule has 1 aliphatic carbocycles. The average Bonchev–Trinajstić information content (AvgIpc) is 3.04. The van der Waals surface area contributed by atoms with Crippen molar-refractivity contribution in [1.29, 1.82) is 0 Å². The van der Waals surface area contributed by atoms with Gasteiger partial charge in [0, 0.05) is 19.6 Å². The second kappa shape index (κ2) is 6.88. The van der Waals surface area contributed by atoms with E-state index in [1.165, 1.54) is 5.56 Å². The maximum Gasteiger partial charge on any atom is 0.233 e. The highest BCUT2D eigenvalue weighted by molar-refractivity contribution is 5.86. The van der Waals surface area contributed by atoms with Crippen LogP contribution in [0.4, 0.5) is 0 Å². The zero-order valence-electron chi connectivity index (χ0n) is 14.2. The summed E-state index contributed by atoms with van der Waals surface area (Å²) in [6.07, 6.45) is 8.54. The predicted octanol–water partition coefficient (Wildman–Crippen LogP) is 3.76. The molecule has 0 spiro atoms. The largest absolute Gasteiger partial charge is 0.383 e. The monoisotopic (exact) mass is 313 g/mol. The molecule has 1 fully saturated rings. The summed E-state index contributed by atoms with van der Waals surface area (Å²) in [5.41, 5.74) is 0.825. The first kappa shape index (κ1) is 16.3. The minimum atomic E-state index is -0.448. The maximum atomic E-state index is 13.4. The molecule has 124 valence electrons. The molecule has 1 heterocycles. The molecule has 1 amide bonds. The SMILES string of the molecule is COC[C@@H]1CCCN1C(=O)[C@@]1(C)C=CCC[C@@H]1c1ccccc1. The first-order valence-corrected chi connectivity index (χ1v) is 8.69. The second-order valence-electron chi connectivity index (χ2n) is 6.98. The molecule has 1 aromatic rings. The number of carbonyl (C=O) groups is 1. The van der Waals surface area contributed by atoms with E-state index in [4.69, 9.17) is 4.74 Å². The summed E-state index contributed by atoms with van der Waals surface area (Å²) in [4.78, 5) is 15.5. The summed E-state index contributed by atoms with van der Waals surface area (Å²) in [5.74, 6) is 0.520. The Morgan fingerprint density at radius 3 is 2.83 bits per heavy atom. The highest BCUT2D eigenvalue weighted by Crippen LogP contribution is 2.45. The Labute approximate surface area is 139 Å². The van der Waals surface area contributed by atoms with Gasteiger partial charge in [-0.05, 0) is 38.2 Å². The molecule has 0 unspecified atom stereocenters. The van der Waals surface area contributed by atoms with E-state index in [1.807, 2.05) is 6.07 Å². The van der Waals surface area contributed by atoms with E-state index in [0.29, 0.717) is 6.61 Å². The molecule has 1 saturated heterocycles. The number of methoxy groups -OCH3 is 1. The molecule has 3 nitrogen and oxygen atoms in total. The molecule has 0 bridgehead atoms. The van der Waals surface area contributed by atoms with E-state index in [1.54, 1.807) is 7.11 Å². The fourth-order valence-corrected chi connectivity index (χ4v) is 4.20. The molecule has 0 N–H and O–H groups in total. The van der Waals surface area contributed by atoms with Gasteiger partial charge < -0.3 is 9.64 Å². The van der Waals surface area contributed by atoms with E-state index < -0.39 is 5.41 Å². The van der Waals surface area contributed by atoms with Gasteiger partial charge in [-0.25, -0.2) is 0 Å². The molecule has 0 saturated carbocycles. The Kier molecular flexibility index (Phi) is 4.86. The number of nitrogens with zero attached hydrogens (tertiary/aromatic N) is 1. The normalized spacial score (nSPS) is 30.6. The summed E-state index contributed by atoms with van der Waals surface area (Å²) in [5, 5.41) is 0. The van der Waals surface area contributed by atoms with Crippen molar-refractivity contribution in [3.05, 3.63) is 48.0 Å². The lowest BCUT2D eigenvalue weighted by molar-refractivity contribution is -0.142. The zero-order valence-corrected chi connectivity index (χ0v) is 14.2. The van der Waals surface area contributed by atoms with Crippen LogP contribution in [0.25, 0.3) is 0 Å². The van der Waals surface area contributed by atoms with E-state index >= 15 is 0 Å². The molecule has 1 aromatic carbocycles. The Morgan fingerprint density at radius 1 is 1.30 bits per heavy atom. The number of carbonyl (C=O) groups excluding carboxylic acids is 1. The minimum absolute atomic E-state index is 0.232. The van der Waals surface area contributed by atoms with E-state index in [9.17, 15) is 4.79 Å². The molecule has 2 aliphatic rings. The van der Waals surface area contributed by atoms with Gasteiger partial charge in [-0.15, -0.1) is 0 Å². The van der Waals surface area contributed by atoms with Crippen LogP contribution < -0.4 is 0 Å². The number of rotatable bonds is 4. The summed E-state index contributed by atoms with van der Waals surface area (Å²) >= 11 is 0. The summed E-state index contributed by atoms with van der Waals surface area (Å²) < 4.78 is 5.33. The van der Waals surface area contributed by atoms with E-state index in [2.05, 4.69) is 48.2 Å².